The second kappa shape index (κ2) is 11.2. The van der Waals surface area contributed by atoms with E-state index in [1.165, 1.54) is 44.2 Å². The molecule has 0 aliphatic carbocycles. The van der Waals surface area contributed by atoms with Crippen LogP contribution in [0.4, 0.5) is 11.4 Å². The van der Waals surface area contributed by atoms with Gasteiger partial charge in [0.2, 0.25) is 0 Å². The summed E-state index contributed by atoms with van der Waals surface area (Å²) in [5.41, 5.74) is 1.08. The zero-order valence-corrected chi connectivity index (χ0v) is 23.3. The number of aromatic hydroxyl groups is 1. The molecule has 37 heavy (non-hydrogen) atoms. The zero-order valence-electron chi connectivity index (χ0n) is 20.8. The summed E-state index contributed by atoms with van der Waals surface area (Å²) in [4.78, 5) is -0.256. The standard InChI is InChI=1S/C24H29N2O8PS2/c1-5-33-35(28,34-6-2)26(37(31,32)22-14-9-19(4)10-15-22)20-11-16-24(27)23(17-20)25-36(29,30)21-12-7-18(3)8-13-21/h7-17,25,27H,5-6H2,1-4H3. The predicted octanol–water partition coefficient (Wildman–Crippen LogP) is 5.19. The van der Waals surface area contributed by atoms with E-state index in [1.807, 2.05) is 0 Å². The van der Waals surface area contributed by atoms with E-state index in [0.29, 0.717) is 4.08 Å². The number of rotatable bonds is 11. The Hall–Kier alpha value is -2.89. The maximum Gasteiger partial charge on any atom is 0.449 e. The van der Waals surface area contributed by atoms with Crippen LogP contribution in [0.25, 0.3) is 0 Å². The van der Waals surface area contributed by atoms with Crippen LogP contribution in [-0.4, -0.2) is 35.2 Å². The minimum Gasteiger partial charge on any atom is -0.506 e. The van der Waals surface area contributed by atoms with Crippen molar-refractivity contribution in [1.82, 2.24) is 0 Å². The van der Waals surface area contributed by atoms with Gasteiger partial charge in [0.15, 0.2) is 0 Å². The Morgan fingerprint density at radius 3 is 1.78 bits per heavy atom. The molecule has 0 fully saturated rings. The molecule has 0 spiro atoms. The van der Waals surface area contributed by atoms with Crippen LogP contribution >= 0.6 is 7.75 Å². The van der Waals surface area contributed by atoms with Gasteiger partial charge in [-0.3, -0.25) is 13.8 Å². The number of benzene rings is 3. The molecule has 3 aromatic rings. The highest BCUT2D eigenvalue weighted by Gasteiger charge is 2.43. The van der Waals surface area contributed by atoms with Crippen LogP contribution in [0.2, 0.25) is 0 Å². The molecule has 0 saturated heterocycles. The number of anilines is 2. The molecule has 3 rings (SSSR count). The SMILES string of the molecule is CCOP(=O)(OCC)N(c1ccc(O)c(NS(=O)(=O)c2ccc(C)cc2)c1)S(=O)(=O)c1ccc(C)cc1. The Labute approximate surface area is 217 Å². The monoisotopic (exact) mass is 568 g/mol. The Bertz CT molecular complexity index is 1500. The maximum absolute atomic E-state index is 13.8. The van der Waals surface area contributed by atoms with Crippen molar-refractivity contribution in [2.24, 2.45) is 0 Å². The first-order chi connectivity index (χ1) is 17.3. The highest BCUT2D eigenvalue weighted by atomic mass is 32.2. The van der Waals surface area contributed by atoms with Crippen molar-refractivity contribution < 1.29 is 35.6 Å². The molecule has 13 heteroatoms. The summed E-state index contributed by atoms with van der Waals surface area (Å²) in [7, 11) is -13.2. The van der Waals surface area contributed by atoms with Gasteiger partial charge in [0.1, 0.15) is 5.75 Å². The van der Waals surface area contributed by atoms with Gasteiger partial charge in [-0.25, -0.2) is 21.4 Å². The van der Waals surface area contributed by atoms with E-state index in [0.717, 1.165) is 23.3 Å². The van der Waals surface area contributed by atoms with Crippen molar-refractivity contribution in [3.63, 3.8) is 0 Å². The summed E-state index contributed by atoms with van der Waals surface area (Å²) in [5, 5.41) is 10.4. The number of hydrogen-bond acceptors (Lipinski definition) is 8. The number of phenolic OH excluding ortho intramolecular Hbond substituents is 1. The van der Waals surface area contributed by atoms with Crippen LogP contribution in [-0.2, 0) is 33.7 Å². The van der Waals surface area contributed by atoms with Crippen molar-refractivity contribution in [3.05, 3.63) is 77.9 Å². The van der Waals surface area contributed by atoms with Crippen LogP contribution < -0.4 is 8.80 Å². The van der Waals surface area contributed by atoms with E-state index in [9.17, 15) is 26.5 Å². The first-order valence-electron chi connectivity index (χ1n) is 11.3. The number of nitrogens with one attached hydrogen (secondary N) is 1. The fraction of sp³-hybridized carbons (Fsp3) is 0.250. The lowest BCUT2D eigenvalue weighted by atomic mass is 10.2. The van der Waals surface area contributed by atoms with E-state index >= 15 is 0 Å². The molecule has 2 N–H and O–H groups in total. The average Bonchev–Trinajstić information content (AvgIpc) is 2.82. The normalized spacial score (nSPS) is 12.3. The summed E-state index contributed by atoms with van der Waals surface area (Å²) in [6, 6.07) is 15.2. The number of hydrogen-bond donors (Lipinski definition) is 2. The van der Waals surface area contributed by atoms with E-state index in [4.69, 9.17) is 9.05 Å². The summed E-state index contributed by atoms with van der Waals surface area (Å²) in [6.45, 7) is 6.37. The fourth-order valence-electron chi connectivity index (χ4n) is 3.34. The van der Waals surface area contributed by atoms with E-state index in [2.05, 4.69) is 4.72 Å². The first-order valence-corrected chi connectivity index (χ1v) is 15.7. The highest BCUT2D eigenvalue weighted by molar-refractivity contribution is 7.99. The van der Waals surface area contributed by atoms with Crippen LogP contribution in [0, 0.1) is 13.8 Å². The molecule has 3 aromatic carbocycles. The molecule has 10 nitrogen and oxygen atoms in total. The maximum atomic E-state index is 13.8. The summed E-state index contributed by atoms with van der Waals surface area (Å²) in [5.74, 6) is -0.477. The fourth-order valence-corrected chi connectivity index (χ4v) is 8.44. The number of aryl methyl sites for hydroxylation is 2. The van der Waals surface area contributed by atoms with E-state index in [1.54, 1.807) is 38.1 Å². The minimum atomic E-state index is -4.54. The first kappa shape index (κ1) is 28.7. The smallest absolute Gasteiger partial charge is 0.449 e. The molecule has 0 aliphatic rings. The van der Waals surface area contributed by atoms with Crippen LogP contribution in [0.3, 0.4) is 0 Å². The molecular weight excluding hydrogens is 539 g/mol. The van der Waals surface area contributed by atoms with Gasteiger partial charge in [-0.15, -0.1) is 0 Å². The molecule has 0 aliphatic heterocycles. The third-order valence-corrected chi connectivity index (χ3v) is 11.1. The van der Waals surface area contributed by atoms with Crippen molar-refractivity contribution in [2.45, 2.75) is 37.5 Å². The molecule has 0 unspecified atom stereocenters. The van der Waals surface area contributed by atoms with Gasteiger partial charge in [0.25, 0.3) is 20.0 Å². The lowest BCUT2D eigenvalue weighted by Gasteiger charge is -2.31. The molecule has 0 aromatic heterocycles. The van der Waals surface area contributed by atoms with Crippen molar-refractivity contribution in [1.29, 1.82) is 0 Å². The minimum absolute atomic E-state index is 0.0682. The van der Waals surface area contributed by atoms with Crippen molar-refractivity contribution in [2.75, 3.05) is 22.0 Å². The molecule has 0 heterocycles. The van der Waals surface area contributed by atoms with Crippen LogP contribution in [0.1, 0.15) is 25.0 Å². The molecule has 0 saturated carbocycles. The molecule has 0 atom stereocenters. The average molecular weight is 569 g/mol. The molecule has 0 bridgehead atoms. The van der Waals surface area contributed by atoms with Gasteiger partial charge < -0.3 is 5.11 Å². The van der Waals surface area contributed by atoms with Crippen molar-refractivity contribution >= 4 is 39.2 Å². The number of phenols is 1. The highest BCUT2D eigenvalue weighted by Crippen LogP contribution is 2.57. The van der Waals surface area contributed by atoms with E-state index < -0.39 is 33.5 Å². The molecule has 0 amide bonds. The van der Waals surface area contributed by atoms with Crippen LogP contribution in [0.5, 0.6) is 5.75 Å². The Morgan fingerprint density at radius 2 is 1.30 bits per heavy atom. The summed E-state index contributed by atoms with van der Waals surface area (Å²) < 4.78 is 80.7. The molecular formula is C24H29N2O8PS2. The van der Waals surface area contributed by atoms with Gasteiger partial charge in [-0.05, 0) is 70.2 Å². The van der Waals surface area contributed by atoms with E-state index in [-0.39, 0.29) is 34.4 Å². The van der Waals surface area contributed by atoms with Gasteiger partial charge in [0.05, 0.1) is 34.4 Å². The number of sulfonamides is 2. The third kappa shape index (κ3) is 6.34. The predicted molar refractivity (Wildman–Crippen MR) is 142 cm³/mol. The Kier molecular flexibility index (Phi) is 8.71. The van der Waals surface area contributed by atoms with Gasteiger partial charge in [-0.2, -0.15) is 4.08 Å². The quantitative estimate of drug-likeness (QED) is 0.238. The zero-order chi connectivity index (χ0) is 27.4. The third-order valence-electron chi connectivity index (χ3n) is 5.13. The van der Waals surface area contributed by atoms with Crippen LogP contribution in [0.15, 0.2) is 76.5 Å². The lowest BCUT2D eigenvalue weighted by molar-refractivity contribution is 0.221. The topological polar surface area (TPSA) is 139 Å². The largest absolute Gasteiger partial charge is 0.506 e. The molecule has 0 radical (unpaired) electrons. The summed E-state index contributed by atoms with van der Waals surface area (Å²) >= 11 is 0. The van der Waals surface area contributed by atoms with Crippen molar-refractivity contribution in [3.8, 4) is 5.75 Å². The summed E-state index contributed by atoms with van der Waals surface area (Å²) in [6.07, 6.45) is 0. The van der Waals surface area contributed by atoms with Gasteiger partial charge >= 0.3 is 7.75 Å². The Morgan fingerprint density at radius 1 is 0.811 bits per heavy atom. The Balaban J connectivity index is 2.18. The second-order valence-corrected chi connectivity index (χ2v) is 13.6. The van der Waals surface area contributed by atoms with Gasteiger partial charge in [-0.1, -0.05) is 35.4 Å². The molecule has 200 valence electrons. The number of nitrogens with zero attached hydrogens (tertiary/aromatic N) is 1. The lowest BCUT2D eigenvalue weighted by Crippen LogP contribution is -2.30. The second-order valence-electron chi connectivity index (χ2n) is 7.99. The van der Waals surface area contributed by atoms with Gasteiger partial charge in [0, 0.05) is 0 Å².